The van der Waals surface area contributed by atoms with E-state index in [-0.39, 0.29) is 19.4 Å². The lowest BCUT2D eigenvalue weighted by atomic mass is 10.1. The zero-order valence-corrected chi connectivity index (χ0v) is 7.35. The van der Waals surface area contributed by atoms with Gasteiger partial charge in [0.2, 0.25) is 0 Å². The number of ether oxygens (including phenoxy) is 1. The van der Waals surface area contributed by atoms with E-state index in [1.54, 1.807) is 0 Å². The highest BCUT2D eigenvalue weighted by molar-refractivity contribution is 5.75. The largest absolute Gasteiger partial charge is 0.460 e. The van der Waals surface area contributed by atoms with Crippen LogP contribution in [0, 0.1) is 0 Å². The Balaban J connectivity index is 3.62. The van der Waals surface area contributed by atoms with Crippen molar-refractivity contribution < 1.29 is 19.7 Å². The van der Waals surface area contributed by atoms with Crippen molar-refractivity contribution in [2.45, 2.75) is 25.2 Å². The van der Waals surface area contributed by atoms with Gasteiger partial charge in [0.05, 0.1) is 0 Å². The molecule has 0 unspecified atom stereocenters. The molecule has 0 radical (unpaired) electrons. The summed E-state index contributed by atoms with van der Waals surface area (Å²) in [6, 6.07) is -0.804. The molecule has 0 aliphatic rings. The summed E-state index contributed by atoms with van der Waals surface area (Å²) in [6.45, 7) is 3.49. The van der Waals surface area contributed by atoms with Crippen LogP contribution in [0.15, 0.2) is 12.7 Å². The van der Waals surface area contributed by atoms with Gasteiger partial charge in [0.15, 0.2) is 6.29 Å². The highest BCUT2D eigenvalue weighted by atomic mass is 16.5. The smallest absolute Gasteiger partial charge is 0.323 e. The molecule has 0 aliphatic carbocycles. The average Bonchev–Trinajstić information content (AvgIpc) is 2.10. The maximum Gasteiger partial charge on any atom is 0.323 e. The molecule has 0 aromatic carbocycles. The van der Waals surface area contributed by atoms with Gasteiger partial charge in [0.25, 0.3) is 0 Å². The van der Waals surface area contributed by atoms with Crippen LogP contribution in [0.1, 0.15) is 12.8 Å². The molecule has 0 amide bonds. The van der Waals surface area contributed by atoms with Gasteiger partial charge in [-0.25, -0.2) is 0 Å². The summed E-state index contributed by atoms with van der Waals surface area (Å²) in [4.78, 5) is 11.0. The van der Waals surface area contributed by atoms with Crippen molar-refractivity contribution in [2.24, 2.45) is 5.73 Å². The van der Waals surface area contributed by atoms with Gasteiger partial charge in [-0.1, -0.05) is 12.7 Å². The molecule has 0 heterocycles. The minimum atomic E-state index is -1.43. The number of carbonyl (C=O) groups is 1. The molecule has 0 rings (SSSR count). The summed E-state index contributed by atoms with van der Waals surface area (Å²) >= 11 is 0. The SMILES string of the molecule is C=CCOC(=O)[C@@H](N)CCC(O)O. The summed E-state index contributed by atoms with van der Waals surface area (Å²) < 4.78 is 4.64. The van der Waals surface area contributed by atoms with Gasteiger partial charge in [-0.2, -0.15) is 0 Å². The van der Waals surface area contributed by atoms with E-state index in [1.165, 1.54) is 6.08 Å². The van der Waals surface area contributed by atoms with E-state index in [1.807, 2.05) is 0 Å². The van der Waals surface area contributed by atoms with Crippen LogP contribution >= 0.6 is 0 Å². The molecular formula is C8H15NO4. The Labute approximate surface area is 76.8 Å². The molecule has 0 aliphatic heterocycles. The third-order valence-corrected chi connectivity index (χ3v) is 1.38. The fraction of sp³-hybridized carbons (Fsp3) is 0.625. The Morgan fingerprint density at radius 3 is 2.62 bits per heavy atom. The number of hydrogen-bond acceptors (Lipinski definition) is 5. The summed E-state index contributed by atoms with van der Waals surface area (Å²) in [6.07, 6.45) is 0.252. The van der Waals surface area contributed by atoms with Crippen molar-refractivity contribution in [1.29, 1.82) is 0 Å². The molecule has 0 saturated heterocycles. The quantitative estimate of drug-likeness (QED) is 0.287. The van der Waals surface area contributed by atoms with E-state index < -0.39 is 18.3 Å². The van der Waals surface area contributed by atoms with Gasteiger partial charge in [0.1, 0.15) is 12.6 Å². The normalized spacial score (nSPS) is 12.6. The Morgan fingerprint density at radius 1 is 1.54 bits per heavy atom. The van der Waals surface area contributed by atoms with E-state index in [4.69, 9.17) is 15.9 Å². The van der Waals surface area contributed by atoms with Gasteiger partial charge >= 0.3 is 5.97 Å². The molecule has 0 saturated carbocycles. The first kappa shape index (κ1) is 12.1. The van der Waals surface area contributed by atoms with Crippen molar-refractivity contribution >= 4 is 5.97 Å². The molecule has 0 spiro atoms. The van der Waals surface area contributed by atoms with Crippen molar-refractivity contribution in [3.63, 3.8) is 0 Å². The van der Waals surface area contributed by atoms with Crippen LogP contribution in [0.4, 0.5) is 0 Å². The third kappa shape index (κ3) is 6.27. The topological polar surface area (TPSA) is 92.8 Å². The summed E-state index contributed by atoms with van der Waals surface area (Å²) in [5.74, 6) is -0.555. The lowest BCUT2D eigenvalue weighted by Crippen LogP contribution is -2.33. The number of nitrogens with two attached hydrogens (primary N) is 1. The molecular weight excluding hydrogens is 174 g/mol. The zero-order chi connectivity index (χ0) is 10.3. The van der Waals surface area contributed by atoms with Crippen LogP contribution < -0.4 is 5.73 Å². The predicted octanol–water partition coefficient (Wildman–Crippen LogP) is -0.866. The molecule has 1 atom stereocenters. The number of carbonyl (C=O) groups excluding carboxylic acids is 1. The molecule has 4 N–H and O–H groups in total. The van der Waals surface area contributed by atoms with Crippen molar-refractivity contribution in [3.05, 3.63) is 12.7 Å². The van der Waals surface area contributed by atoms with Gasteiger partial charge < -0.3 is 20.7 Å². The molecule has 13 heavy (non-hydrogen) atoms. The van der Waals surface area contributed by atoms with E-state index in [2.05, 4.69) is 11.3 Å². The predicted molar refractivity (Wildman–Crippen MR) is 46.6 cm³/mol. The summed E-state index contributed by atoms with van der Waals surface area (Å²) in [5.41, 5.74) is 5.38. The maximum atomic E-state index is 11.0. The fourth-order valence-corrected chi connectivity index (χ4v) is 0.695. The van der Waals surface area contributed by atoms with E-state index in [9.17, 15) is 4.79 Å². The van der Waals surface area contributed by atoms with Crippen molar-refractivity contribution in [1.82, 2.24) is 0 Å². The minimum Gasteiger partial charge on any atom is -0.460 e. The molecule has 0 fully saturated rings. The van der Waals surface area contributed by atoms with Crippen LogP contribution in [0.25, 0.3) is 0 Å². The van der Waals surface area contributed by atoms with Gasteiger partial charge in [0, 0.05) is 0 Å². The molecule has 0 bridgehead atoms. The Bertz CT molecular complexity index is 170. The highest BCUT2D eigenvalue weighted by Crippen LogP contribution is 1.99. The molecule has 0 aromatic heterocycles. The zero-order valence-electron chi connectivity index (χ0n) is 7.35. The van der Waals surface area contributed by atoms with Crippen LogP contribution in [-0.2, 0) is 9.53 Å². The summed E-state index contributed by atoms with van der Waals surface area (Å²) in [7, 11) is 0. The molecule has 5 heteroatoms. The van der Waals surface area contributed by atoms with E-state index >= 15 is 0 Å². The number of esters is 1. The second kappa shape index (κ2) is 6.59. The Kier molecular flexibility index (Phi) is 6.13. The monoisotopic (exact) mass is 189 g/mol. The van der Waals surface area contributed by atoms with Gasteiger partial charge in [-0.3, -0.25) is 4.79 Å². The first-order chi connectivity index (χ1) is 6.07. The number of aliphatic hydroxyl groups excluding tert-OH is 1. The van der Waals surface area contributed by atoms with Gasteiger partial charge in [-0.15, -0.1) is 0 Å². The van der Waals surface area contributed by atoms with Gasteiger partial charge in [-0.05, 0) is 12.8 Å². The van der Waals surface area contributed by atoms with Crippen LogP contribution in [0.2, 0.25) is 0 Å². The fourth-order valence-electron chi connectivity index (χ4n) is 0.695. The highest BCUT2D eigenvalue weighted by Gasteiger charge is 2.15. The van der Waals surface area contributed by atoms with Crippen LogP contribution in [-0.4, -0.2) is 35.1 Å². The second-order valence-corrected chi connectivity index (χ2v) is 2.58. The average molecular weight is 189 g/mol. The minimum absolute atomic E-state index is 0.0599. The lowest BCUT2D eigenvalue weighted by Gasteiger charge is -2.10. The third-order valence-electron chi connectivity index (χ3n) is 1.38. The molecule has 76 valence electrons. The first-order valence-electron chi connectivity index (χ1n) is 3.97. The van der Waals surface area contributed by atoms with Crippen molar-refractivity contribution in [3.8, 4) is 0 Å². The molecule has 5 nitrogen and oxygen atoms in total. The van der Waals surface area contributed by atoms with Crippen molar-refractivity contribution in [2.75, 3.05) is 6.61 Å². The number of aliphatic hydroxyl groups is 2. The standard InChI is InChI=1S/C8H15NO4/c1-2-5-13-8(12)6(9)3-4-7(10)11/h2,6-7,10-11H,1,3-5,9H2/t6-/m0/s1. The van der Waals surface area contributed by atoms with Crippen LogP contribution in [0.5, 0.6) is 0 Å². The van der Waals surface area contributed by atoms with Crippen LogP contribution in [0.3, 0.4) is 0 Å². The van der Waals surface area contributed by atoms with E-state index in [0.717, 1.165) is 0 Å². The number of rotatable bonds is 6. The Hall–Kier alpha value is -0.910. The maximum absolute atomic E-state index is 11.0. The first-order valence-corrected chi connectivity index (χ1v) is 3.97. The summed E-state index contributed by atoms with van der Waals surface area (Å²) in [5, 5.41) is 17.0. The second-order valence-electron chi connectivity index (χ2n) is 2.58. The lowest BCUT2D eigenvalue weighted by molar-refractivity contribution is -0.144. The molecule has 0 aromatic rings. The Morgan fingerprint density at radius 2 is 2.15 bits per heavy atom. The number of hydrogen-bond donors (Lipinski definition) is 3. The van der Waals surface area contributed by atoms with E-state index in [0.29, 0.717) is 0 Å².